The summed E-state index contributed by atoms with van der Waals surface area (Å²) in [6, 6.07) is 74.4. The summed E-state index contributed by atoms with van der Waals surface area (Å²) in [5, 5.41) is 6.24. The molecule has 15 rings (SSSR count). The molecule has 11 aromatic rings. The van der Waals surface area contributed by atoms with Gasteiger partial charge < -0.3 is 9.73 Å². The Bertz CT molecular complexity index is 4520. The molecular weight excluding hydrogens is 1060 g/mol. The normalized spacial score (nSPS) is 15.4. The van der Waals surface area contributed by atoms with Crippen molar-refractivity contribution in [1.82, 2.24) is 0 Å². The van der Waals surface area contributed by atoms with Gasteiger partial charge >= 0.3 is 0 Å². The minimum absolute atomic E-state index is 0.0466. The number of nitrogens with one attached hydrogen (secondary N) is 1. The van der Waals surface area contributed by atoms with Crippen molar-refractivity contribution < 1.29 is 4.42 Å². The molecule has 440 valence electrons. The van der Waals surface area contributed by atoms with Gasteiger partial charge in [0.1, 0.15) is 11.2 Å². The Hall–Kier alpha value is -8.20. The number of benzene rings is 10. The molecule has 0 saturated heterocycles. The van der Waals surface area contributed by atoms with Gasteiger partial charge in [-0.2, -0.15) is 0 Å². The van der Waals surface area contributed by atoms with E-state index >= 15 is 0 Å². The molecule has 1 heterocycles. The summed E-state index contributed by atoms with van der Waals surface area (Å²) in [6.07, 6.45) is 18.4. The lowest BCUT2D eigenvalue weighted by molar-refractivity contribution is 0.398. The van der Waals surface area contributed by atoms with Crippen molar-refractivity contribution in [3.8, 4) is 77.9 Å². The standard InChI is InChI=1S/C86H85NO/c1-9-11-13-15-17-28-46-86(47-29-18-16-14-12-10-2)70-35-25-22-33-61(70)64-43-39-57(49-76(64)86)56-38-42-62-63-44-40-58(50-72(63)83(3,4)71(62)48-56)67-52-77-80(81-66-34-24-27-37-79(66)88-82(67)81)69-54-74-68(53-75(69)85(77,7)8)65-45-41-59(51-73(65)84(74,5)6)87-78-36-26-23-32-60(78)55-30-20-19-21-31-55/h19-27,30-45,48-54,87H,9-18,28-29,46-47H2,1-8H3. The number of para-hydroxylation sites is 2. The van der Waals surface area contributed by atoms with Gasteiger partial charge in [0.25, 0.3) is 0 Å². The highest BCUT2D eigenvalue weighted by Gasteiger charge is 2.45. The molecule has 4 aliphatic rings. The Morgan fingerprint density at radius 3 is 1.51 bits per heavy atom. The molecule has 0 aliphatic heterocycles. The summed E-state index contributed by atoms with van der Waals surface area (Å²) in [7, 11) is 0. The maximum Gasteiger partial charge on any atom is 0.143 e. The predicted molar refractivity (Wildman–Crippen MR) is 375 cm³/mol. The van der Waals surface area contributed by atoms with E-state index in [1.165, 1.54) is 206 Å². The van der Waals surface area contributed by atoms with Crippen molar-refractivity contribution in [2.45, 2.75) is 167 Å². The number of rotatable bonds is 19. The number of unbranched alkanes of at least 4 members (excludes halogenated alkanes) is 10. The van der Waals surface area contributed by atoms with Crippen LogP contribution in [0, 0.1) is 0 Å². The van der Waals surface area contributed by atoms with Crippen molar-refractivity contribution in [3.05, 3.63) is 239 Å². The first-order valence-electron chi connectivity index (χ1n) is 33.6. The summed E-state index contributed by atoms with van der Waals surface area (Å²) < 4.78 is 7.17. The highest BCUT2D eigenvalue weighted by molar-refractivity contribution is 6.19. The summed E-state index contributed by atoms with van der Waals surface area (Å²) in [5.41, 5.74) is 33.2. The van der Waals surface area contributed by atoms with E-state index < -0.39 is 0 Å². The van der Waals surface area contributed by atoms with Crippen LogP contribution < -0.4 is 5.32 Å². The van der Waals surface area contributed by atoms with Crippen molar-refractivity contribution in [3.63, 3.8) is 0 Å². The van der Waals surface area contributed by atoms with Crippen LogP contribution in [0.2, 0.25) is 0 Å². The van der Waals surface area contributed by atoms with E-state index in [2.05, 4.69) is 255 Å². The lowest BCUT2D eigenvalue weighted by atomic mass is 9.70. The molecule has 0 atom stereocenters. The largest absolute Gasteiger partial charge is 0.455 e. The fourth-order valence-corrected chi connectivity index (χ4v) is 17.0. The van der Waals surface area contributed by atoms with Crippen molar-refractivity contribution >= 4 is 33.3 Å². The lowest BCUT2D eigenvalue weighted by Crippen LogP contribution is -2.25. The highest BCUT2D eigenvalue weighted by Crippen LogP contribution is 2.61. The molecule has 0 spiro atoms. The number of hydrogen-bond donors (Lipinski definition) is 1. The third-order valence-corrected chi connectivity index (χ3v) is 21.9. The van der Waals surface area contributed by atoms with Crippen LogP contribution in [0.4, 0.5) is 11.4 Å². The molecule has 10 aromatic carbocycles. The first kappa shape index (κ1) is 56.3. The van der Waals surface area contributed by atoms with Gasteiger partial charge in [-0.3, -0.25) is 0 Å². The Balaban J connectivity index is 0.776. The van der Waals surface area contributed by atoms with Gasteiger partial charge in [0.2, 0.25) is 0 Å². The summed E-state index contributed by atoms with van der Waals surface area (Å²) >= 11 is 0. The highest BCUT2D eigenvalue weighted by atomic mass is 16.3. The van der Waals surface area contributed by atoms with E-state index in [-0.39, 0.29) is 21.7 Å². The first-order chi connectivity index (χ1) is 42.8. The molecule has 1 aromatic heterocycles. The molecule has 88 heavy (non-hydrogen) atoms. The van der Waals surface area contributed by atoms with Crippen LogP contribution in [-0.4, -0.2) is 0 Å². The second kappa shape index (κ2) is 21.8. The van der Waals surface area contributed by atoms with Crippen molar-refractivity contribution in [1.29, 1.82) is 0 Å². The monoisotopic (exact) mass is 1150 g/mol. The maximum absolute atomic E-state index is 7.17. The zero-order valence-corrected chi connectivity index (χ0v) is 53.3. The van der Waals surface area contributed by atoms with Crippen LogP contribution in [-0.2, 0) is 21.7 Å². The zero-order chi connectivity index (χ0) is 60.1. The third kappa shape index (κ3) is 8.92. The van der Waals surface area contributed by atoms with E-state index in [0.717, 1.165) is 28.1 Å². The molecule has 1 N–H and O–H groups in total. The molecule has 0 amide bonds. The Morgan fingerprint density at radius 2 is 0.807 bits per heavy atom. The number of anilines is 2. The number of furan rings is 1. The smallest absolute Gasteiger partial charge is 0.143 e. The summed E-state index contributed by atoms with van der Waals surface area (Å²) in [5.74, 6) is 0. The van der Waals surface area contributed by atoms with Gasteiger partial charge in [0.15, 0.2) is 0 Å². The molecule has 4 aliphatic carbocycles. The molecule has 0 fully saturated rings. The van der Waals surface area contributed by atoms with Gasteiger partial charge in [-0.05, 0) is 185 Å². The van der Waals surface area contributed by atoms with Gasteiger partial charge in [0.05, 0.1) is 0 Å². The minimum Gasteiger partial charge on any atom is -0.455 e. The Kier molecular flexibility index (Phi) is 14.0. The van der Waals surface area contributed by atoms with Crippen molar-refractivity contribution in [2.24, 2.45) is 0 Å². The van der Waals surface area contributed by atoms with Crippen molar-refractivity contribution in [2.75, 3.05) is 5.32 Å². The fourth-order valence-electron chi connectivity index (χ4n) is 17.0. The minimum atomic E-state index is -0.276. The average Bonchev–Trinajstić information content (AvgIpc) is 1.54. The number of hydrogen-bond acceptors (Lipinski definition) is 2. The molecule has 2 nitrogen and oxygen atoms in total. The fraction of sp³-hybridized carbons (Fsp3) is 0.302. The quantitative estimate of drug-likeness (QED) is 0.0817. The molecule has 2 heteroatoms. The number of fused-ring (bicyclic) bond motifs is 16. The summed E-state index contributed by atoms with van der Waals surface area (Å²) in [6.45, 7) is 19.3. The molecule has 0 radical (unpaired) electrons. The van der Waals surface area contributed by atoms with Crippen LogP contribution in [0.1, 0.15) is 190 Å². The van der Waals surface area contributed by atoms with Gasteiger partial charge in [0, 0.05) is 54.9 Å². The van der Waals surface area contributed by atoms with E-state index in [4.69, 9.17) is 4.42 Å². The van der Waals surface area contributed by atoms with E-state index in [1.54, 1.807) is 11.1 Å². The second-order valence-corrected chi connectivity index (χ2v) is 28.2. The topological polar surface area (TPSA) is 25.2 Å². The third-order valence-electron chi connectivity index (χ3n) is 21.9. The van der Waals surface area contributed by atoms with Crippen LogP contribution >= 0.6 is 0 Å². The zero-order valence-electron chi connectivity index (χ0n) is 53.3. The van der Waals surface area contributed by atoms with E-state index in [9.17, 15) is 0 Å². The molecule has 0 bridgehead atoms. The van der Waals surface area contributed by atoms with E-state index in [0.29, 0.717) is 0 Å². The molecule has 0 saturated carbocycles. The Morgan fingerprint density at radius 1 is 0.330 bits per heavy atom. The van der Waals surface area contributed by atoms with Crippen LogP contribution in [0.5, 0.6) is 0 Å². The second-order valence-electron chi connectivity index (χ2n) is 28.2. The lowest BCUT2D eigenvalue weighted by Gasteiger charge is -2.33. The van der Waals surface area contributed by atoms with Gasteiger partial charge in [-0.25, -0.2) is 0 Å². The SMILES string of the molecule is CCCCCCCCC1(CCCCCCCC)c2ccccc2-c2ccc(-c3ccc4c(c3)C(C)(C)c3cc(-c5cc6c(c7c5oc5ccccc57)-c5cc7c(cc5C6(C)C)-c5ccc(Nc6ccccc6-c6ccccc6)cc5C7(C)C)ccc3-4)cc21. The molecule has 0 unspecified atom stereocenters. The van der Waals surface area contributed by atoms with Crippen LogP contribution in [0.25, 0.3) is 99.8 Å². The van der Waals surface area contributed by atoms with Gasteiger partial charge in [-0.1, -0.05) is 266 Å². The predicted octanol–water partition coefficient (Wildman–Crippen LogP) is 25.0. The van der Waals surface area contributed by atoms with Crippen LogP contribution in [0.3, 0.4) is 0 Å². The van der Waals surface area contributed by atoms with E-state index in [1.807, 2.05) is 0 Å². The summed E-state index contributed by atoms with van der Waals surface area (Å²) in [4.78, 5) is 0. The first-order valence-corrected chi connectivity index (χ1v) is 33.6. The van der Waals surface area contributed by atoms with Gasteiger partial charge in [-0.15, -0.1) is 0 Å². The molecular formula is C86H85NO. The maximum atomic E-state index is 7.17. The Labute approximate surface area is 523 Å². The van der Waals surface area contributed by atoms with Crippen LogP contribution in [0.15, 0.2) is 199 Å². The average molecular weight is 1150 g/mol.